The summed E-state index contributed by atoms with van der Waals surface area (Å²) in [7, 11) is 1.57. The quantitative estimate of drug-likeness (QED) is 0.523. The molecule has 0 radical (unpaired) electrons. The smallest absolute Gasteiger partial charge is 0.266 e. The van der Waals surface area contributed by atoms with Crippen molar-refractivity contribution in [2.45, 2.75) is 6.92 Å². The molecule has 122 valence electrons. The van der Waals surface area contributed by atoms with Crippen LogP contribution in [0.15, 0.2) is 50.9 Å². The minimum atomic E-state index is -0.453. The van der Waals surface area contributed by atoms with Gasteiger partial charge in [0, 0.05) is 5.69 Å². The van der Waals surface area contributed by atoms with Crippen LogP contribution in [0.3, 0.4) is 0 Å². The van der Waals surface area contributed by atoms with Gasteiger partial charge in [-0.2, -0.15) is 5.26 Å². The van der Waals surface area contributed by atoms with E-state index in [0.29, 0.717) is 17.0 Å². The molecule has 2 aromatic rings. The summed E-state index contributed by atoms with van der Waals surface area (Å²) < 4.78 is 6.69. The van der Waals surface area contributed by atoms with E-state index in [0.717, 1.165) is 14.5 Å². The van der Waals surface area contributed by atoms with Gasteiger partial charge in [0.05, 0.1) is 16.1 Å². The fourth-order valence-electron chi connectivity index (χ4n) is 2.09. The van der Waals surface area contributed by atoms with E-state index >= 15 is 0 Å². The molecule has 0 aliphatic carbocycles. The Kier molecular flexibility index (Phi) is 6.18. The number of carbonyl (C=O) groups excluding carboxylic acids is 1. The topological polar surface area (TPSA) is 62.1 Å². The summed E-state index contributed by atoms with van der Waals surface area (Å²) in [5, 5.41) is 12.0. The summed E-state index contributed by atoms with van der Waals surface area (Å²) in [6, 6.07) is 12.9. The summed E-state index contributed by atoms with van der Waals surface area (Å²) >= 11 is 6.80. The molecule has 0 spiro atoms. The van der Waals surface area contributed by atoms with E-state index in [9.17, 15) is 10.1 Å². The number of nitriles is 1. The van der Waals surface area contributed by atoms with Crippen LogP contribution in [0.5, 0.6) is 5.75 Å². The number of ether oxygens (including phenoxy) is 1. The van der Waals surface area contributed by atoms with Crippen molar-refractivity contribution in [3.05, 3.63) is 62.0 Å². The second kappa shape index (κ2) is 8.13. The molecule has 0 heterocycles. The van der Waals surface area contributed by atoms with Gasteiger partial charge in [-0.1, -0.05) is 12.1 Å². The van der Waals surface area contributed by atoms with Gasteiger partial charge in [-0.3, -0.25) is 4.79 Å². The summed E-state index contributed by atoms with van der Waals surface area (Å²) in [5.74, 6) is 0.195. The molecule has 0 unspecified atom stereocenters. The molecule has 4 nitrogen and oxygen atoms in total. The van der Waals surface area contributed by atoms with Gasteiger partial charge in [0.25, 0.3) is 5.91 Å². The van der Waals surface area contributed by atoms with Gasteiger partial charge in [-0.25, -0.2) is 0 Å². The molecule has 0 aromatic heterocycles. The number of amides is 1. The highest BCUT2D eigenvalue weighted by Gasteiger charge is 2.12. The molecule has 1 N–H and O–H groups in total. The third kappa shape index (κ3) is 4.47. The van der Waals surface area contributed by atoms with Crippen LogP contribution in [0.25, 0.3) is 6.08 Å². The number of nitrogens with one attached hydrogen (secondary N) is 1. The molecular weight excluding hydrogens is 436 g/mol. The number of methoxy groups -OCH3 is 1. The molecule has 0 bridgehead atoms. The fraction of sp³-hybridized carbons (Fsp3) is 0.111. The first kappa shape index (κ1) is 18.2. The van der Waals surface area contributed by atoms with E-state index in [1.807, 2.05) is 31.2 Å². The highest BCUT2D eigenvalue weighted by Crippen LogP contribution is 2.35. The average Bonchev–Trinajstić information content (AvgIpc) is 2.52. The molecule has 6 heteroatoms. The number of anilines is 1. The molecule has 0 fully saturated rings. The lowest BCUT2D eigenvalue weighted by Crippen LogP contribution is -2.13. The predicted octanol–water partition coefficient (Wildman–Crippen LogP) is 5.07. The normalized spacial score (nSPS) is 10.9. The van der Waals surface area contributed by atoms with Crippen LogP contribution in [0.2, 0.25) is 0 Å². The minimum absolute atomic E-state index is 0.0143. The van der Waals surface area contributed by atoms with Crippen LogP contribution in [0.4, 0.5) is 5.69 Å². The fourth-order valence-corrected chi connectivity index (χ4v) is 3.64. The van der Waals surface area contributed by atoms with Crippen LogP contribution < -0.4 is 10.1 Å². The molecule has 0 atom stereocenters. The highest BCUT2D eigenvalue weighted by molar-refractivity contribution is 9.11. The van der Waals surface area contributed by atoms with E-state index < -0.39 is 5.91 Å². The van der Waals surface area contributed by atoms with Gasteiger partial charge in [0.2, 0.25) is 0 Å². The lowest BCUT2D eigenvalue weighted by molar-refractivity contribution is -0.112. The lowest BCUT2D eigenvalue weighted by Gasteiger charge is -2.08. The van der Waals surface area contributed by atoms with Gasteiger partial charge in [-0.15, -0.1) is 0 Å². The van der Waals surface area contributed by atoms with Crippen LogP contribution in [0, 0.1) is 18.3 Å². The summed E-state index contributed by atoms with van der Waals surface area (Å²) in [4.78, 5) is 12.3. The molecule has 0 aliphatic heterocycles. The number of benzene rings is 2. The van der Waals surface area contributed by atoms with Crippen molar-refractivity contribution >= 4 is 49.5 Å². The van der Waals surface area contributed by atoms with Crippen molar-refractivity contribution in [1.82, 2.24) is 0 Å². The van der Waals surface area contributed by atoms with Gasteiger partial charge < -0.3 is 10.1 Å². The first-order valence-electron chi connectivity index (χ1n) is 6.97. The van der Waals surface area contributed by atoms with Crippen molar-refractivity contribution in [1.29, 1.82) is 5.26 Å². The van der Waals surface area contributed by atoms with Gasteiger partial charge in [0.1, 0.15) is 17.4 Å². The van der Waals surface area contributed by atoms with Crippen LogP contribution in [-0.2, 0) is 4.79 Å². The van der Waals surface area contributed by atoms with Crippen molar-refractivity contribution in [3.8, 4) is 11.8 Å². The van der Waals surface area contributed by atoms with Crippen LogP contribution in [-0.4, -0.2) is 13.0 Å². The number of carbonyl (C=O) groups is 1. The Morgan fingerprint density at radius 2 is 1.92 bits per heavy atom. The first-order valence-corrected chi connectivity index (χ1v) is 8.56. The Bertz CT molecular complexity index is 831. The third-order valence-electron chi connectivity index (χ3n) is 3.18. The Balaban J connectivity index is 2.29. The zero-order valence-corrected chi connectivity index (χ0v) is 16.2. The Hall–Kier alpha value is -2.10. The largest absolute Gasteiger partial charge is 0.494 e. The van der Waals surface area contributed by atoms with Crippen molar-refractivity contribution < 1.29 is 9.53 Å². The average molecular weight is 450 g/mol. The Labute approximate surface area is 157 Å². The van der Waals surface area contributed by atoms with Crippen LogP contribution in [0.1, 0.15) is 11.1 Å². The summed E-state index contributed by atoms with van der Waals surface area (Å²) in [6.07, 6.45) is 1.53. The number of hydrogen-bond donors (Lipinski definition) is 1. The molecule has 2 aromatic carbocycles. The zero-order valence-electron chi connectivity index (χ0n) is 13.1. The highest BCUT2D eigenvalue weighted by atomic mass is 79.9. The summed E-state index contributed by atoms with van der Waals surface area (Å²) in [5.41, 5.74) is 2.39. The molecular formula is C18H14Br2N2O2. The Morgan fingerprint density at radius 1 is 1.25 bits per heavy atom. The second-order valence-corrected chi connectivity index (χ2v) is 6.72. The van der Waals surface area contributed by atoms with Gasteiger partial charge >= 0.3 is 0 Å². The van der Waals surface area contributed by atoms with E-state index in [2.05, 4.69) is 37.2 Å². The number of hydrogen-bond acceptors (Lipinski definition) is 3. The van der Waals surface area contributed by atoms with E-state index in [1.54, 1.807) is 25.3 Å². The zero-order chi connectivity index (χ0) is 17.7. The van der Waals surface area contributed by atoms with Crippen LogP contribution >= 0.6 is 31.9 Å². The second-order valence-electron chi connectivity index (χ2n) is 5.01. The third-order valence-corrected chi connectivity index (χ3v) is 4.35. The maximum Gasteiger partial charge on any atom is 0.266 e. The molecule has 24 heavy (non-hydrogen) atoms. The number of aryl methyl sites for hydroxylation is 1. The van der Waals surface area contributed by atoms with Gasteiger partial charge in [-0.05, 0) is 80.3 Å². The maximum absolute atomic E-state index is 12.3. The SMILES string of the molecule is COc1c(Br)cc(/C=C(/C#N)C(=O)Nc2cccc(C)c2)cc1Br. The number of rotatable bonds is 4. The summed E-state index contributed by atoms with van der Waals surface area (Å²) in [6.45, 7) is 1.93. The number of nitrogens with zero attached hydrogens (tertiary/aromatic N) is 1. The minimum Gasteiger partial charge on any atom is -0.494 e. The first-order chi connectivity index (χ1) is 11.4. The lowest BCUT2D eigenvalue weighted by atomic mass is 10.1. The standard InChI is InChI=1S/C18H14Br2N2O2/c1-11-4-3-5-14(6-11)22-18(23)13(10-21)7-12-8-15(19)17(24-2)16(20)9-12/h3-9H,1-2H3,(H,22,23)/b13-7-. The van der Waals surface area contributed by atoms with Crippen molar-refractivity contribution in [2.75, 3.05) is 12.4 Å². The number of halogens is 2. The van der Waals surface area contributed by atoms with E-state index in [-0.39, 0.29) is 5.57 Å². The van der Waals surface area contributed by atoms with Gasteiger partial charge in [0.15, 0.2) is 0 Å². The monoisotopic (exact) mass is 448 g/mol. The molecule has 0 aliphatic rings. The maximum atomic E-state index is 12.3. The molecule has 2 rings (SSSR count). The Morgan fingerprint density at radius 3 is 2.46 bits per heavy atom. The molecule has 0 saturated carbocycles. The van der Waals surface area contributed by atoms with E-state index in [4.69, 9.17) is 4.74 Å². The van der Waals surface area contributed by atoms with E-state index in [1.165, 1.54) is 6.08 Å². The predicted molar refractivity (Wildman–Crippen MR) is 102 cm³/mol. The van der Waals surface area contributed by atoms with Crippen molar-refractivity contribution in [3.63, 3.8) is 0 Å². The van der Waals surface area contributed by atoms with Crippen molar-refractivity contribution in [2.24, 2.45) is 0 Å². The molecule has 0 saturated heterocycles. The molecule has 1 amide bonds.